The summed E-state index contributed by atoms with van der Waals surface area (Å²) >= 11 is 0. The molecule has 23 heavy (non-hydrogen) atoms. The number of pyridine rings is 1. The molecule has 4 bridgehead atoms. The van der Waals surface area contributed by atoms with Crippen molar-refractivity contribution >= 4 is 17.7 Å². The van der Waals surface area contributed by atoms with E-state index >= 15 is 0 Å². The average molecular weight is 314 g/mol. The molecule has 5 nitrogen and oxygen atoms in total. The van der Waals surface area contributed by atoms with Crippen molar-refractivity contribution in [2.45, 2.75) is 38.5 Å². The smallest absolute Gasteiger partial charge is 0.341 e. The molecule has 0 atom stereocenters. The SMILES string of the molecule is COC(=O)c1cccnc1NC(=O)C12CC3CC(CC(C3)C1)C2. The maximum absolute atomic E-state index is 13.0. The lowest BCUT2D eigenvalue weighted by molar-refractivity contribution is -0.140. The van der Waals surface area contributed by atoms with Crippen molar-refractivity contribution in [1.82, 2.24) is 4.98 Å². The van der Waals surface area contributed by atoms with Crippen LogP contribution in [0.3, 0.4) is 0 Å². The van der Waals surface area contributed by atoms with E-state index in [0.717, 1.165) is 19.3 Å². The molecule has 0 aliphatic heterocycles. The molecule has 1 amide bonds. The highest BCUT2D eigenvalue weighted by atomic mass is 16.5. The Morgan fingerprint density at radius 1 is 1.17 bits per heavy atom. The molecule has 0 unspecified atom stereocenters. The Balaban J connectivity index is 1.58. The molecule has 1 aromatic rings. The fourth-order valence-electron chi connectivity index (χ4n) is 5.41. The molecule has 0 spiro atoms. The highest BCUT2D eigenvalue weighted by Crippen LogP contribution is 2.60. The molecule has 1 N–H and O–H groups in total. The molecule has 4 aliphatic carbocycles. The number of anilines is 1. The number of aromatic nitrogens is 1. The van der Waals surface area contributed by atoms with E-state index in [4.69, 9.17) is 4.74 Å². The van der Waals surface area contributed by atoms with Crippen LogP contribution < -0.4 is 5.32 Å². The second kappa shape index (κ2) is 5.32. The summed E-state index contributed by atoms with van der Waals surface area (Å²) in [6, 6.07) is 3.31. The molecule has 1 heterocycles. The second-order valence-electron chi connectivity index (χ2n) is 7.54. The predicted molar refractivity (Wildman–Crippen MR) is 84.8 cm³/mol. The molecule has 0 aromatic carbocycles. The predicted octanol–water partition coefficient (Wildman–Crippen LogP) is 3.02. The van der Waals surface area contributed by atoms with Crippen LogP contribution in [0.4, 0.5) is 5.82 Å². The Bertz CT molecular complexity index is 620. The first kappa shape index (κ1) is 14.7. The Morgan fingerprint density at radius 3 is 2.35 bits per heavy atom. The van der Waals surface area contributed by atoms with Gasteiger partial charge in [0, 0.05) is 6.20 Å². The van der Waals surface area contributed by atoms with Crippen molar-refractivity contribution in [3.05, 3.63) is 23.9 Å². The monoisotopic (exact) mass is 314 g/mol. The molecule has 0 radical (unpaired) electrons. The second-order valence-corrected chi connectivity index (χ2v) is 7.54. The first-order chi connectivity index (χ1) is 11.1. The van der Waals surface area contributed by atoms with E-state index in [1.807, 2.05) is 0 Å². The standard InChI is InChI=1S/C18H22N2O3/c1-23-16(21)14-3-2-4-19-15(14)20-17(22)18-8-11-5-12(9-18)7-13(6-11)10-18/h2-4,11-13H,5-10H2,1H3,(H,19,20,22). The minimum atomic E-state index is -0.473. The maximum atomic E-state index is 13.0. The van der Waals surface area contributed by atoms with Gasteiger partial charge in [0.05, 0.1) is 12.5 Å². The molecule has 1 aromatic heterocycles. The Labute approximate surface area is 135 Å². The number of carbonyl (C=O) groups excluding carboxylic acids is 2. The fourth-order valence-corrected chi connectivity index (χ4v) is 5.41. The number of rotatable bonds is 3. The van der Waals surface area contributed by atoms with Crippen LogP contribution >= 0.6 is 0 Å². The van der Waals surface area contributed by atoms with E-state index in [9.17, 15) is 9.59 Å². The number of esters is 1. The lowest BCUT2D eigenvalue weighted by Crippen LogP contribution is -2.51. The average Bonchev–Trinajstić information content (AvgIpc) is 2.53. The van der Waals surface area contributed by atoms with E-state index in [-0.39, 0.29) is 11.3 Å². The van der Waals surface area contributed by atoms with Crippen LogP contribution in [-0.2, 0) is 9.53 Å². The maximum Gasteiger partial charge on any atom is 0.341 e. The third-order valence-electron chi connectivity index (χ3n) is 5.96. The van der Waals surface area contributed by atoms with Crippen molar-refractivity contribution in [1.29, 1.82) is 0 Å². The Morgan fingerprint density at radius 2 is 1.78 bits per heavy atom. The van der Waals surface area contributed by atoms with Gasteiger partial charge in [-0.25, -0.2) is 9.78 Å². The van der Waals surface area contributed by atoms with Crippen molar-refractivity contribution < 1.29 is 14.3 Å². The van der Waals surface area contributed by atoms with Gasteiger partial charge in [-0.05, 0) is 68.4 Å². The third kappa shape index (κ3) is 2.42. The molecule has 122 valence electrons. The number of carbonyl (C=O) groups is 2. The first-order valence-corrected chi connectivity index (χ1v) is 8.44. The van der Waals surface area contributed by atoms with Gasteiger partial charge >= 0.3 is 5.97 Å². The summed E-state index contributed by atoms with van der Waals surface area (Å²) in [5.41, 5.74) is 0.0627. The van der Waals surface area contributed by atoms with Gasteiger partial charge in [-0.2, -0.15) is 0 Å². The van der Waals surface area contributed by atoms with Crippen LogP contribution in [-0.4, -0.2) is 24.0 Å². The lowest BCUT2D eigenvalue weighted by atomic mass is 9.49. The number of ether oxygens (including phenoxy) is 1. The van der Waals surface area contributed by atoms with Crippen LogP contribution in [0.25, 0.3) is 0 Å². The highest BCUT2D eigenvalue weighted by molar-refractivity contribution is 6.01. The minimum Gasteiger partial charge on any atom is -0.465 e. The van der Waals surface area contributed by atoms with Gasteiger partial charge < -0.3 is 10.1 Å². The van der Waals surface area contributed by atoms with E-state index in [2.05, 4.69) is 10.3 Å². The van der Waals surface area contributed by atoms with Crippen LogP contribution in [0, 0.1) is 23.2 Å². The molecule has 4 fully saturated rings. The Kier molecular flexibility index (Phi) is 3.39. The number of nitrogens with one attached hydrogen (secondary N) is 1. The van der Waals surface area contributed by atoms with E-state index in [0.29, 0.717) is 29.1 Å². The van der Waals surface area contributed by atoms with Gasteiger partial charge in [-0.3, -0.25) is 4.79 Å². The third-order valence-corrected chi connectivity index (χ3v) is 5.96. The van der Waals surface area contributed by atoms with Crippen molar-refractivity contribution in [2.24, 2.45) is 23.2 Å². The minimum absolute atomic E-state index is 0.0421. The zero-order valence-electron chi connectivity index (χ0n) is 13.4. The van der Waals surface area contributed by atoms with Crippen LogP contribution in [0.1, 0.15) is 48.9 Å². The van der Waals surface area contributed by atoms with Gasteiger partial charge in [0.15, 0.2) is 0 Å². The van der Waals surface area contributed by atoms with Crippen LogP contribution in [0.15, 0.2) is 18.3 Å². The molecular formula is C18H22N2O3. The summed E-state index contributed by atoms with van der Waals surface area (Å²) < 4.78 is 4.78. The topological polar surface area (TPSA) is 68.3 Å². The molecule has 0 saturated heterocycles. The van der Waals surface area contributed by atoms with Crippen molar-refractivity contribution in [3.8, 4) is 0 Å². The molecular weight excluding hydrogens is 292 g/mol. The number of methoxy groups -OCH3 is 1. The highest BCUT2D eigenvalue weighted by Gasteiger charge is 2.54. The van der Waals surface area contributed by atoms with Gasteiger partial charge in [0.25, 0.3) is 0 Å². The van der Waals surface area contributed by atoms with Gasteiger partial charge in [0.1, 0.15) is 11.4 Å². The van der Waals surface area contributed by atoms with Crippen molar-refractivity contribution in [2.75, 3.05) is 12.4 Å². The van der Waals surface area contributed by atoms with Gasteiger partial charge in [0.2, 0.25) is 5.91 Å². The summed E-state index contributed by atoms with van der Waals surface area (Å²) in [7, 11) is 1.33. The quantitative estimate of drug-likeness (QED) is 0.871. The summed E-state index contributed by atoms with van der Waals surface area (Å²) in [6.07, 6.45) is 8.44. The number of hydrogen-bond donors (Lipinski definition) is 1. The summed E-state index contributed by atoms with van der Waals surface area (Å²) in [6.45, 7) is 0. The van der Waals surface area contributed by atoms with E-state index in [1.165, 1.54) is 26.4 Å². The molecule has 4 aliphatic rings. The summed E-state index contributed by atoms with van der Waals surface area (Å²) in [4.78, 5) is 29.1. The zero-order chi connectivity index (χ0) is 16.0. The largest absolute Gasteiger partial charge is 0.465 e. The Hall–Kier alpha value is -1.91. The first-order valence-electron chi connectivity index (χ1n) is 8.44. The molecule has 4 saturated carbocycles. The lowest BCUT2D eigenvalue weighted by Gasteiger charge is -2.55. The van der Waals surface area contributed by atoms with Gasteiger partial charge in [-0.1, -0.05) is 0 Å². The number of hydrogen-bond acceptors (Lipinski definition) is 4. The van der Waals surface area contributed by atoms with Crippen molar-refractivity contribution in [3.63, 3.8) is 0 Å². The molecule has 5 rings (SSSR count). The van der Waals surface area contributed by atoms with Crippen LogP contribution in [0.5, 0.6) is 0 Å². The van der Waals surface area contributed by atoms with E-state index < -0.39 is 5.97 Å². The zero-order valence-corrected chi connectivity index (χ0v) is 13.4. The summed E-state index contributed by atoms with van der Waals surface area (Å²) in [5, 5.41) is 2.93. The van der Waals surface area contributed by atoms with Gasteiger partial charge in [-0.15, -0.1) is 0 Å². The van der Waals surface area contributed by atoms with Crippen LogP contribution in [0.2, 0.25) is 0 Å². The normalized spacial score (nSPS) is 34.2. The number of nitrogens with zero attached hydrogens (tertiary/aromatic N) is 1. The summed E-state index contributed by atoms with van der Waals surface area (Å²) in [5.74, 6) is 2.00. The fraction of sp³-hybridized carbons (Fsp3) is 0.611. The van der Waals surface area contributed by atoms with E-state index in [1.54, 1.807) is 18.3 Å². The molecule has 5 heteroatoms. The number of amides is 1.